The van der Waals surface area contributed by atoms with Gasteiger partial charge in [0.1, 0.15) is 0 Å². The van der Waals surface area contributed by atoms with E-state index in [-0.39, 0.29) is 0 Å². The Labute approximate surface area is 35.1 Å². The van der Waals surface area contributed by atoms with Crippen molar-refractivity contribution < 1.29 is 4.39 Å². The summed E-state index contributed by atoms with van der Waals surface area (Å²) in [4.78, 5) is 0. The summed E-state index contributed by atoms with van der Waals surface area (Å²) in [5, 5.41) is 0. The quantitative estimate of drug-likeness (QED) is 0.371. The Hall–Kier alpha value is -0.113. The Bertz CT molecular complexity index is 14.4. The summed E-state index contributed by atoms with van der Waals surface area (Å²) in [6.45, 7) is 3.42. The predicted molar refractivity (Wildman–Crippen MR) is 27.2 cm³/mol. The van der Waals surface area contributed by atoms with Crippen molar-refractivity contribution in [2.45, 2.75) is 0 Å². The first-order valence-electron chi connectivity index (χ1n) is 1.36. The molecule has 0 radical (unpaired) electrons. The van der Waals surface area contributed by atoms with Gasteiger partial charge in [0, 0.05) is 10.2 Å². The molecule has 0 aliphatic carbocycles. The minimum Gasteiger partial charge on any atom is -0.255 e. The van der Waals surface area contributed by atoms with Crippen molar-refractivity contribution in [2.24, 2.45) is 0 Å². The smallest absolute Gasteiger partial charge is 0.0785 e. The summed E-state index contributed by atoms with van der Waals surface area (Å²) in [6, 6.07) is 0. The van der Waals surface area contributed by atoms with Crippen molar-refractivity contribution in [1.29, 1.82) is 0 Å². The van der Waals surface area contributed by atoms with Crippen LogP contribution in [0, 0.1) is 0 Å². The Kier molecular flexibility index (Phi) is 73.0. The number of hydrogen-bond donors (Lipinski definition) is 0. The largest absolute Gasteiger partial charge is 0.255 e. The van der Waals surface area contributed by atoms with Crippen LogP contribution in [0.15, 0.2) is 12.3 Å². The van der Waals surface area contributed by atoms with E-state index in [2.05, 4.69) is 6.58 Å². The zero-order valence-electron chi connectivity index (χ0n) is 3.66. The zero-order chi connectivity index (χ0) is 4.71. The molecular formula is C3H9FSi. The van der Waals surface area contributed by atoms with Crippen molar-refractivity contribution >= 4 is 10.2 Å². The molecule has 0 fully saturated rings. The van der Waals surface area contributed by atoms with Gasteiger partial charge in [0.25, 0.3) is 0 Å². The molecule has 0 aliphatic rings. The molecular weight excluding hydrogens is 83.1 g/mol. The summed E-state index contributed by atoms with van der Waals surface area (Å²) < 4.78 is 9.50. The molecule has 0 aromatic rings. The molecule has 2 heteroatoms. The lowest BCUT2D eigenvalue weighted by Crippen LogP contribution is -1.29. The molecule has 0 heterocycles. The fraction of sp³-hybridized carbons (Fsp3) is 0.333. The van der Waals surface area contributed by atoms with Crippen molar-refractivity contribution in [3.8, 4) is 0 Å². The second kappa shape index (κ2) is 41.2. The third-order valence-corrected chi connectivity index (χ3v) is 0. The van der Waals surface area contributed by atoms with Gasteiger partial charge in [-0.15, -0.1) is 12.3 Å². The van der Waals surface area contributed by atoms with Crippen molar-refractivity contribution in [3.05, 3.63) is 12.3 Å². The van der Waals surface area contributed by atoms with Crippen molar-refractivity contribution in [1.82, 2.24) is 0 Å². The molecule has 0 rings (SSSR count). The van der Waals surface area contributed by atoms with Crippen LogP contribution < -0.4 is 0 Å². The Morgan fingerprint density at radius 1 is 1.80 bits per heavy atom. The third kappa shape index (κ3) is 1080. The lowest BCUT2D eigenvalue weighted by molar-refractivity contribution is 0.636. The van der Waals surface area contributed by atoms with Gasteiger partial charge in [0.05, 0.1) is 7.18 Å². The summed E-state index contributed by atoms with van der Waals surface area (Å²) in [5.74, 6) is 0. The molecule has 0 bridgehead atoms. The molecule has 0 atom stereocenters. The molecule has 32 valence electrons. The Morgan fingerprint density at radius 3 is 1.80 bits per heavy atom. The fourth-order valence-corrected chi connectivity index (χ4v) is 0. The average molecular weight is 92.2 g/mol. The second-order valence-electron chi connectivity index (χ2n) is 0.408. The van der Waals surface area contributed by atoms with Gasteiger partial charge in [-0.2, -0.15) is 0 Å². The van der Waals surface area contributed by atoms with Crippen LogP contribution in [0.2, 0.25) is 0 Å². The molecule has 0 N–H and O–H groups in total. The van der Waals surface area contributed by atoms with E-state index in [4.69, 9.17) is 0 Å². The topological polar surface area (TPSA) is 0 Å². The maximum Gasteiger partial charge on any atom is 0.0785 e. The third-order valence-electron chi connectivity index (χ3n) is 0. The first-order valence-corrected chi connectivity index (χ1v) is 2.52. The number of hydrogen-bond acceptors (Lipinski definition) is 0. The SMILES string of the molecule is C=C[SiH3].CF. The van der Waals surface area contributed by atoms with Gasteiger partial charge in [-0.1, -0.05) is 0 Å². The molecule has 0 aromatic carbocycles. The van der Waals surface area contributed by atoms with Crippen LogP contribution in [0.1, 0.15) is 0 Å². The van der Waals surface area contributed by atoms with E-state index in [9.17, 15) is 4.39 Å². The van der Waals surface area contributed by atoms with Gasteiger partial charge >= 0.3 is 0 Å². The zero-order valence-corrected chi connectivity index (χ0v) is 5.66. The van der Waals surface area contributed by atoms with Crippen molar-refractivity contribution in [3.63, 3.8) is 0 Å². The number of rotatable bonds is 0. The van der Waals surface area contributed by atoms with Gasteiger partial charge in [0.15, 0.2) is 0 Å². The predicted octanol–water partition coefficient (Wildman–Crippen LogP) is 0.0810. The molecule has 0 unspecified atom stereocenters. The monoisotopic (exact) mass is 92.0 g/mol. The van der Waals surface area contributed by atoms with Crippen LogP contribution in [0.3, 0.4) is 0 Å². The summed E-state index contributed by atoms with van der Waals surface area (Å²) in [6.07, 6.45) is 0. The van der Waals surface area contributed by atoms with Crippen LogP contribution in [-0.4, -0.2) is 17.4 Å². The fourth-order valence-electron chi connectivity index (χ4n) is 0. The van der Waals surface area contributed by atoms with Crippen LogP contribution in [0.4, 0.5) is 4.39 Å². The minimum absolute atomic E-state index is 0.500. The molecule has 0 saturated heterocycles. The molecule has 0 nitrogen and oxygen atoms in total. The van der Waals surface area contributed by atoms with Crippen molar-refractivity contribution in [2.75, 3.05) is 7.18 Å². The van der Waals surface area contributed by atoms with Crippen LogP contribution in [0.25, 0.3) is 0 Å². The maximum atomic E-state index is 9.50. The number of halogens is 1. The Balaban J connectivity index is 0. The van der Waals surface area contributed by atoms with E-state index in [0.717, 1.165) is 10.2 Å². The van der Waals surface area contributed by atoms with Crippen LogP contribution in [-0.2, 0) is 0 Å². The lowest BCUT2D eigenvalue weighted by Gasteiger charge is -1.29. The normalized spacial score (nSPS) is 4.40. The highest BCUT2D eigenvalue weighted by Gasteiger charge is 1.16. The minimum atomic E-state index is 0.500. The summed E-state index contributed by atoms with van der Waals surface area (Å²) >= 11 is 0. The first kappa shape index (κ1) is 8.86. The standard InChI is InChI=1S/C2H6Si.CH3F/c1-2-3;1-2/h2H,1H2,3H3;1H3. The van der Waals surface area contributed by atoms with Crippen LogP contribution >= 0.6 is 0 Å². The highest BCUT2D eigenvalue weighted by atomic mass is 28.1. The van der Waals surface area contributed by atoms with E-state index in [1.807, 2.05) is 5.70 Å². The summed E-state index contributed by atoms with van der Waals surface area (Å²) in [5.41, 5.74) is 1.89. The van der Waals surface area contributed by atoms with Crippen LogP contribution in [0.5, 0.6) is 0 Å². The van der Waals surface area contributed by atoms with Gasteiger partial charge in [-0.05, 0) is 0 Å². The second-order valence-corrected chi connectivity index (χ2v) is 1.22. The molecule has 0 saturated carbocycles. The van der Waals surface area contributed by atoms with E-state index in [1.165, 1.54) is 0 Å². The highest BCUT2D eigenvalue weighted by Crippen LogP contribution is 1.24. The van der Waals surface area contributed by atoms with Gasteiger partial charge in [-0.3, -0.25) is 4.39 Å². The molecule has 0 aliphatic heterocycles. The molecule has 0 spiro atoms. The van der Waals surface area contributed by atoms with Gasteiger partial charge < -0.3 is 0 Å². The maximum absolute atomic E-state index is 9.50. The molecule has 5 heavy (non-hydrogen) atoms. The summed E-state index contributed by atoms with van der Waals surface area (Å²) in [7, 11) is 1.63. The van der Waals surface area contributed by atoms with E-state index < -0.39 is 0 Å². The molecule has 0 amide bonds. The van der Waals surface area contributed by atoms with E-state index in [0.29, 0.717) is 7.18 Å². The van der Waals surface area contributed by atoms with Gasteiger partial charge in [0.2, 0.25) is 0 Å². The van der Waals surface area contributed by atoms with Gasteiger partial charge in [-0.25, -0.2) is 0 Å². The average Bonchev–Trinajstić information content (AvgIpc) is 1.46. The van der Waals surface area contributed by atoms with E-state index in [1.54, 1.807) is 0 Å². The molecule has 0 aromatic heterocycles. The number of alkyl halides is 1. The van der Waals surface area contributed by atoms with E-state index >= 15 is 0 Å². The Morgan fingerprint density at radius 2 is 1.80 bits per heavy atom. The lowest BCUT2D eigenvalue weighted by atomic mass is 11.3. The highest BCUT2D eigenvalue weighted by molar-refractivity contribution is 6.16. The first-order chi connectivity index (χ1) is 2.41.